The van der Waals surface area contributed by atoms with Crippen LogP contribution in [0.15, 0.2) is 53.0 Å². The third-order valence-corrected chi connectivity index (χ3v) is 5.44. The third kappa shape index (κ3) is 6.21. The van der Waals surface area contributed by atoms with Crippen molar-refractivity contribution >= 4 is 22.0 Å². The molecule has 2 aromatic carbocycles. The number of benzene rings is 2. The molecule has 0 aromatic heterocycles. The molecule has 0 aliphatic carbocycles. The molecule has 2 atom stereocenters. The summed E-state index contributed by atoms with van der Waals surface area (Å²) in [5.74, 6) is 0.386. The standard InChI is InChI=1S/C23H28BrNO4/c1-23(2,3)29-22(27)25-13-12-20(17-6-10-19(26)11-7-17)21(14-25)28-15-16-4-8-18(24)9-5-16/h4-11,20-21,26H,12-15H2,1-3H3. The van der Waals surface area contributed by atoms with Gasteiger partial charge in [0.05, 0.1) is 19.3 Å². The van der Waals surface area contributed by atoms with E-state index in [1.165, 1.54) is 0 Å². The lowest BCUT2D eigenvalue weighted by molar-refractivity contribution is -0.0359. The molecule has 6 heteroatoms. The Hall–Kier alpha value is -2.05. The zero-order valence-electron chi connectivity index (χ0n) is 17.1. The number of nitrogens with zero attached hydrogens (tertiary/aromatic N) is 1. The second-order valence-electron chi connectivity index (χ2n) is 8.39. The van der Waals surface area contributed by atoms with Gasteiger partial charge in [-0.2, -0.15) is 0 Å². The van der Waals surface area contributed by atoms with E-state index in [9.17, 15) is 9.90 Å². The smallest absolute Gasteiger partial charge is 0.410 e. The normalized spacial score (nSPS) is 19.8. The Morgan fingerprint density at radius 3 is 2.41 bits per heavy atom. The Kier molecular flexibility index (Phi) is 6.85. The van der Waals surface area contributed by atoms with Crippen molar-refractivity contribution in [3.8, 4) is 5.75 Å². The van der Waals surface area contributed by atoms with Gasteiger partial charge in [0.2, 0.25) is 0 Å². The first-order chi connectivity index (χ1) is 13.7. The number of carbonyl (C=O) groups excluding carboxylic acids is 1. The molecule has 0 radical (unpaired) electrons. The summed E-state index contributed by atoms with van der Waals surface area (Å²) in [6, 6.07) is 15.3. The summed E-state index contributed by atoms with van der Waals surface area (Å²) >= 11 is 3.45. The molecule has 1 amide bonds. The van der Waals surface area contributed by atoms with Gasteiger partial charge in [-0.15, -0.1) is 0 Å². The first kappa shape index (κ1) is 21.7. The Labute approximate surface area is 180 Å². The number of halogens is 1. The van der Waals surface area contributed by atoms with Gasteiger partial charge in [0.15, 0.2) is 0 Å². The number of likely N-dealkylation sites (tertiary alicyclic amines) is 1. The molecule has 156 valence electrons. The van der Waals surface area contributed by atoms with Gasteiger partial charge in [0.1, 0.15) is 11.4 Å². The number of hydrogen-bond donors (Lipinski definition) is 1. The number of piperidine rings is 1. The maximum Gasteiger partial charge on any atom is 0.410 e. The predicted octanol–water partition coefficient (Wildman–Crippen LogP) is 5.46. The van der Waals surface area contributed by atoms with Gasteiger partial charge in [-0.3, -0.25) is 0 Å². The van der Waals surface area contributed by atoms with Gasteiger partial charge in [-0.05, 0) is 62.6 Å². The molecular weight excluding hydrogens is 434 g/mol. The minimum atomic E-state index is -0.529. The fourth-order valence-electron chi connectivity index (χ4n) is 3.46. The lowest BCUT2D eigenvalue weighted by Crippen LogP contribution is -2.48. The number of hydrogen-bond acceptors (Lipinski definition) is 4. The third-order valence-electron chi connectivity index (χ3n) is 4.91. The summed E-state index contributed by atoms with van der Waals surface area (Å²) in [7, 11) is 0. The van der Waals surface area contributed by atoms with Crippen molar-refractivity contribution < 1.29 is 19.4 Å². The van der Waals surface area contributed by atoms with Crippen LogP contribution in [0.2, 0.25) is 0 Å². The number of rotatable bonds is 4. The molecule has 1 aliphatic rings. The molecule has 5 nitrogen and oxygen atoms in total. The Morgan fingerprint density at radius 1 is 1.14 bits per heavy atom. The van der Waals surface area contributed by atoms with E-state index >= 15 is 0 Å². The highest BCUT2D eigenvalue weighted by molar-refractivity contribution is 9.10. The molecular formula is C23H28BrNO4. The summed E-state index contributed by atoms with van der Waals surface area (Å²) < 4.78 is 12.9. The topological polar surface area (TPSA) is 59.0 Å². The van der Waals surface area contributed by atoms with E-state index in [4.69, 9.17) is 9.47 Å². The highest BCUT2D eigenvalue weighted by Gasteiger charge is 2.35. The van der Waals surface area contributed by atoms with Crippen LogP contribution in [0.3, 0.4) is 0 Å². The van der Waals surface area contributed by atoms with E-state index in [1.807, 2.05) is 57.2 Å². The van der Waals surface area contributed by atoms with E-state index in [1.54, 1.807) is 17.0 Å². The molecule has 3 rings (SSSR count). The average Bonchev–Trinajstić information content (AvgIpc) is 2.67. The number of amides is 1. The number of phenolic OH excluding ortho intramolecular Hbond substituents is 1. The van der Waals surface area contributed by atoms with Crippen molar-refractivity contribution in [2.24, 2.45) is 0 Å². The maximum atomic E-state index is 12.6. The first-order valence-corrected chi connectivity index (χ1v) is 10.6. The van der Waals surface area contributed by atoms with Crippen LogP contribution < -0.4 is 0 Å². The van der Waals surface area contributed by atoms with E-state index in [2.05, 4.69) is 15.9 Å². The monoisotopic (exact) mass is 461 g/mol. The summed E-state index contributed by atoms with van der Waals surface area (Å²) in [5.41, 5.74) is 1.65. The number of carbonyl (C=O) groups is 1. The van der Waals surface area contributed by atoms with Gasteiger partial charge < -0.3 is 19.5 Å². The fraction of sp³-hybridized carbons (Fsp3) is 0.435. The second-order valence-corrected chi connectivity index (χ2v) is 9.30. The molecule has 1 fully saturated rings. The van der Waals surface area contributed by atoms with Crippen molar-refractivity contribution in [3.05, 3.63) is 64.1 Å². The number of phenols is 1. The van der Waals surface area contributed by atoms with Crippen molar-refractivity contribution in [1.29, 1.82) is 0 Å². The van der Waals surface area contributed by atoms with Gasteiger partial charge >= 0.3 is 6.09 Å². The van der Waals surface area contributed by atoms with E-state index in [0.29, 0.717) is 19.7 Å². The fourth-order valence-corrected chi connectivity index (χ4v) is 3.73. The first-order valence-electron chi connectivity index (χ1n) is 9.84. The largest absolute Gasteiger partial charge is 0.508 e. The van der Waals surface area contributed by atoms with Crippen LogP contribution in [0.5, 0.6) is 5.75 Å². The maximum absolute atomic E-state index is 12.6. The number of ether oxygens (including phenoxy) is 2. The van der Waals surface area contributed by atoms with E-state index in [0.717, 1.165) is 22.0 Å². The highest BCUT2D eigenvalue weighted by Crippen LogP contribution is 2.32. The molecule has 2 unspecified atom stereocenters. The van der Waals surface area contributed by atoms with Crippen LogP contribution in [0.1, 0.15) is 44.2 Å². The Bertz CT molecular complexity index is 814. The Balaban J connectivity index is 1.74. The van der Waals surface area contributed by atoms with E-state index in [-0.39, 0.29) is 23.9 Å². The molecule has 0 bridgehead atoms. The zero-order valence-corrected chi connectivity index (χ0v) is 18.7. The zero-order chi connectivity index (χ0) is 21.0. The molecule has 1 saturated heterocycles. The highest BCUT2D eigenvalue weighted by atomic mass is 79.9. The van der Waals surface area contributed by atoms with Gasteiger partial charge in [0.25, 0.3) is 0 Å². The molecule has 1 aliphatic heterocycles. The minimum absolute atomic E-state index is 0.143. The lowest BCUT2D eigenvalue weighted by atomic mass is 9.87. The van der Waals surface area contributed by atoms with Crippen molar-refractivity contribution in [2.75, 3.05) is 13.1 Å². The van der Waals surface area contributed by atoms with Crippen LogP contribution >= 0.6 is 15.9 Å². The van der Waals surface area contributed by atoms with E-state index < -0.39 is 5.60 Å². The quantitative estimate of drug-likeness (QED) is 0.655. The van der Waals surface area contributed by atoms with Crippen LogP contribution in [0, 0.1) is 0 Å². The van der Waals surface area contributed by atoms with Crippen LogP contribution in [0.25, 0.3) is 0 Å². The van der Waals surface area contributed by atoms with Gasteiger partial charge in [-0.1, -0.05) is 40.2 Å². The van der Waals surface area contributed by atoms with Gasteiger partial charge in [0, 0.05) is 16.9 Å². The summed E-state index contributed by atoms with van der Waals surface area (Å²) in [6.45, 7) is 7.16. The van der Waals surface area contributed by atoms with Crippen molar-refractivity contribution in [1.82, 2.24) is 4.90 Å². The summed E-state index contributed by atoms with van der Waals surface area (Å²) in [4.78, 5) is 14.3. The molecule has 0 spiro atoms. The molecule has 2 aromatic rings. The van der Waals surface area contributed by atoms with Crippen LogP contribution in [-0.2, 0) is 16.1 Å². The second kappa shape index (κ2) is 9.18. The molecule has 29 heavy (non-hydrogen) atoms. The SMILES string of the molecule is CC(C)(C)OC(=O)N1CCC(c2ccc(O)cc2)C(OCc2ccc(Br)cc2)C1. The van der Waals surface area contributed by atoms with Crippen LogP contribution in [0.4, 0.5) is 4.79 Å². The molecule has 1 heterocycles. The molecule has 1 N–H and O–H groups in total. The molecule has 0 saturated carbocycles. The van der Waals surface area contributed by atoms with Crippen molar-refractivity contribution in [3.63, 3.8) is 0 Å². The van der Waals surface area contributed by atoms with Crippen molar-refractivity contribution in [2.45, 2.75) is 51.4 Å². The lowest BCUT2D eigenvalue weighted by Gasteiger charge is -2.39. The average molecular weight is 462 g/mol. The summed E-state index contributed by atoms with van der Waals surface area (Å²) in [5, 5.41) is 9.61. The van der Waals surface area contributed by atoms with Gasteiger partial charge in [-0.25, -0.2) is 4.79 Å². The predicted molar refractivity (Wildman–Crippen MR) is 116 cm³/mol. The summed E-state index contributed by atoms with van der Waals surface area (Å²) in [6.07, 6.45) is 0.304. The van der Waals surface area contributed by atoms with Crippen LogP contribution in [-0.4, -0.2) is 40.9 Å². The minimum Gasteiger partial charge on any atom is -0.508 e. The number of aromatic hydroxyl groups is 1. The Morgan fingerprint density at radius 2 is 1.79 bits per heavy atom.